The van der Waals surface area contributed by atoms with Gasteiger partial charge in [-0.15, -0.1) is 6.04 Å². The third-order valence-corrected chi connectivity index (χ3v) is 4.77. The van der Waals surface area contributed by atoms with Crippen molar-refractivity contribution in [1.29, 1.82) is 0 Å². The molecule has 3 atom stereocenters. The molecule has 1 heterocycles. The molecule has 1 aromatic rings. The van der Waals surface area contributed by atoms with Gasteiger partial charge >= 0.3 is 22.4 Å². The maximum Gasteiger partial charge on any atom is 3.00 e. The maximum atomic E-state index is 12.2. The summed E-state index contributed by atoms with van der Waals surface area (Å²) in [4.78, 5) is 8.48. The van der Waals surface area contributed by atoms with Crippen molar-refractivity contribution in [2.24, 2.45) is 10.4 Å². The van der Waals surface area contributed by atoms with Crippen molar-refractivity contribution in [2.75, 3.05) is 0 Å². The predicted octanol–water partition coefficient (Wildman–Crippen LogP) is -0.666. The van der Waals surface area contributed by atoms with Gasteiger partial charge in [0.15, 0.2) is 0 Å². The zero-order valence-electron chi connectivity index (χ0n) is 11.7. The topological polar surface area (TPSA) is 72.1 Å². The number of halogens is 1. The van der Waals surface area contributed by atoms with Crippen LogP contribution < -0.4 is 17.5 Å². The Morgan fingerprint density at radius 3 is 2.57 bits per heavy atom. The first-order valence-electron chi connectivity index (χ1n) is 7.10. The number of aromatic nitrogens is 1. The van der Waals surface area contributed by atoms with Crippen molar-refractivity contribution >= 4 is 5.90 Å². The molecule has 0 bridgehead atoms. The van der Waals surface area contributed by atoms with E-state index in [-0.39, 0.29) is 58.2 Å². The minimum Gasteiger partial charge on any atom is -1.00 e. The van der Waals surface area contributed by atoms with E-state index >= 15 is 0 Å². The number of rotatable bonds is 2. The van der Waals surface area contributed by atoms with Crippen molar-refractivity contribution in [3.05, 3.63) is 35.8 Å². The number of aliphatic imine (C=N–C) groups is 1. The molecule has 1 aromatic heterocycles. The molecular formula is C15H19AuClN3O. The molecule has 3 rings (SSSR count). The van der Waals surface area contributed by atoms with Gasteiger partial charge in [-0.1, -0.05) is 25.3 Å². The minimum absolute atomic E-state index is 0. The van der Waals surface area contributed by atoms with Crippen LogP contribution in [0.1, 0.15) is 44.2 Å². The molecule has 6 heteroatoms. The quantitative estimate of drug-likeness (QED) is 0.314. The Kier molecular flexibility index (Phi) is 6.88. The predicted molar refractivity (Wildman–Crippen MR) is 72.8 cm³/mol. The molecule has 118 valence electrons. The molecule has 0 unspecified atom stereocenters. The number of nitrogens with zero attached hydrogens (tertiary/aromatic N) is 2. The van der Waals surface area contributed by atoms with E-state index in [1.54, 1.807) is 18.3 Å². The maximum absolute atomic E-state index is 12.2. The van der Waals surface area contributed by atoms with Crippen molar-refractivity contribution < 1.29 is 39.9 Å². The molecule has 0 amide bonds. The summed E-state index contributed by atoms with van der Waals surface area (Å²) < 4.78 is 0. The molecule has 1 spiro atoms. The standard InChI is InChI=1S/C15H20N3O.Au.ClH/c16-12-6-3-8-15(12)9-4-7-13(15)18-14(19)11-5-1-2-10-17-11;;/h1-2,5,10,12-13,16H,3-4,6-9H2,(H,18,19);;1H/q-1;+3;/p-2/t12-,13-,15-;;/m0../s1. The molecule has 2 aliphatic carbocycles. The van der Waals surface area contributed by atoms with E-state index in [9.17, 15) is 5.11 Å². The smallest absolute Gasteiger partial charge is 1.00 e. The summed E-state index contributed by atoms with van der Waals surface area (Å²) in [5.41, 5.74) is 8.67. The van der Waals surface area contributed by atoms with Crippen LogP contribution in [-0.4, -0.2) is 23.0 Å². The van der Waals surface area contributed by atoms with E-state index < -0.39 is 0 Å². The third-order valence-electron chi connectivity index (χ3n) is 4.77. The number of hydrogen-bond acceptors (Lipinski definition) is 3. The summed E-state index contributed by atoms with van der Waals surface area (Å²) >= 11 is 0. The Morgan fingerprint density at radius 1 is 1.29 bits per heavy atom. The monoisotopic (exact) mass is 489 g/mol. The molecule has 2 saturated carbocycles. The van der Waals surface area contributed by atoms with Gasteiger partial charge in [-0.2, -0.15) is 0 Å². The van der Waals surface area contributed by atoms with Crippen LogP contribution in [0.4, 0.5) is 0 Å². The van der Waals surface area contributed by atoms with Crippen LogP contribution in [0.3, 0.4) is 0 Å². The van der Waals surface area contributed by atoms with Gasteiger partial charge in [0, 0.05) is 12.1 Å². The van der Waals surface area contributed by atoms with Gasteiger partial charge in [0.1, 0.15) is 0 Å². The van der Waals surface area contributed by atoms with Crippen molar-refractivity contribution in [1.82, 2.24) is 4.98 Å². The number of pyridine rings is 1. The fraction of sp³-hybridized carbons (Fsp3) is 0.600. The van der Waals surface area contributed by atoms with Crippen LogP contribution in [0.15, 0.2) is 29.4 Å². The summed E-state index contributed by atoms with van der Waals surface area (Å²) in [6, 6.07) is 5.31. The zero-order valence-corrected chi connectivity index (χ0v) is 14.6. The van der Waals surface area contributed by atoms with Crippen LogP contribution >= 0.6 is 0 Å². The molecule has 0 saturated heterocycles. The first-order chi connectivity index (χ1) is 9.22. The molecule has 21 heavy (non-hydrogen) atoms. The summed E-state index contributed by atoms with van der Waals surface area (Å²) in [7, 11) is 0. The molecule has 0 aliphatic heterocycles. The third kappa shape index (κ3) is 3.51. The van der Waals surface area contributed by atoms with Gasteiger partial charge < -0.3 is 23.2 Å². The van der Waals surface area contributed by atoms with Gasteiger partial charge in [-0.3, -0.25) is 9.98 Å². The van der Waals surface area contributed by atoms with Crippen LogP contribution in [0.2, 0.25) is 0 Å². The Morgan fingerprint density at radius 2 is 2.00 bits per heavy atom. The summed E-state index contributed by atoms with van der Waals surface area (Å²) in [5, 5.41) is 12.2. The molecule has 0 radical (unpaired) electrons. The average Bonchev–Trinajstić information content (AvgIpc) is 3.00. The Labute approximate surface area is 147 Å². The van der Waals surface area contributed by atoms with Crippen molar-refractivity contribution in [2.45, 2.75) is 50.6 Å². The molecule has 1 N–H and O–H groups in total. The van der Waals surface area contributed by atoms with Gasteiger partial charge in [-0.05, 0) is 36.8 Å². The minimum atomic E-state index is -0.217. The number of hydrogen-bond donors (Lipinski definition) is 0. The normalized spacial score (nSPS) is 31.8. The molecular weight excluding hydrogens is 471 g/mol. The SMILES string of the molecule is [Au+3].[Cl-].[NH-][C@H]1CCC[C@]12CCC[C@@H]2N=C([O-])c1ccccn1. The second-order valence-electron chi connectivity index (χ2n) is 5.74. The van der Waals surface area contributed by atoms with E-state index in [1.807, 2.05) is 6.07 Å². The van der Waals surface area contributed by atoms with Crippen molar-refractivity contribution in [3.63, 3.8) is 0 Å². The molecule has 0 aromatic carbocycles. The average molecular weight is 490 g/mol. The fourth-order valence-corrected chi connectivity index (χ4v) is 3.76. The molecule has 4 nitrogen and oxygen atoms in total. The van der Waals surface area contributed by atoms with E-state index in [2.05, 4.69) is 9.98 Å². The van der Waals surface area contributed by atoms with Gasteiger partial charge in [0.2, 0.25) is 0 Å². The number of nitrogens with one attached hydrogen (secondary N) is 1. The summed E-state index contributed by atoms with van der Waals surface area (Å²) in [6.07, 6.45) is 7.86. The second kappa shape index (κ2) is 7.75. The van der Waals surface area contributed by atoms with Crippen molar-refractivity contribution in [3.8, 4) is 0 Å². The van der Waals surface area contributed by atoms with E-state index in [1.165, 1.54) is 0 Å². The van der Waals surface area contributed by atoms with E-state index in [4.69, 9.17) is 5.73 Å². The van der Waals surface area contributed by atoms with Gasteiger partial charge in [0.25, 0.3) is 0 Å². The Hall–Kier alpha value is -0.390. The molecule has 2 fully saturated rings. The Bertz CT molecular complexity index is 481. The Balaban J connectivity index is 0.00000110. The van der Waals surface area contributed by atoms with Gasteiger partial charge in [-0.25, -0.2) is 0 Å². The van der Waals surface area contributed by atoms with E-state index in [0.29, 0.717) is 5.69 Å². The van der Waals surface area contributed by atoms with Crippen LogP contribution in [-0.2, 0) is 22.4 Å². The fourth-order valence-electron chi connectivity index (χ4n) is 3.76. The zero-order chi connectivity index (χ0) is 13.3. The van der Waals surface area contributed by atoms with Gasteiger partial charge in [0.05, 0.1) is 11.7 Å². The van der Waals surface area contributed by atoms with Crippen LogP contribution in [0.25, 0.3) is 5.73 Å². The summed E-state index contributed by atoms with van der Waals surface area (Å²) in [5.74, 6) is -0.217. The summed E-state index contributed by atoms with van der Waals surface area (Å²) in [6.45, 7) is 0. The largest absolute Gasteiger partial charge is 3.00 e. The second-order valence-corrected chi connectivity index (χ2v) is 5.74. The van der Waals surface area contributed by atoms with Crippen LogP contribution in [0, 0.1) is 5.41 Å². The molecule has 2 aliphatic rings. The first-order valence-corrected chi connectivity index (χ1v) is 7.10. The van der Waals surface area contributed by atoms with E-state index in [0.717, 1.165) is 38.5 Å². The van der Waals surface area contributed by atoms with Crippen LogP contribution in [0.5, 0.6) is 0 Å². The first kappa shape index (κ1) is 18.7.